The molecule has 0 aliphatic carbocycles. The summed E-state index contributed by atoms with van der Waals surface area (Å²) in [5.74, 6) is -19.3. The van der Waals surface area contributed by atoms with Crippen LogP contribution in [0.5, 0.6) is 46.0 Å². The summed E-state index contributed by atoms with van der Waals surface area (Å²) in [6, 6.07) is 5.59. The molecule has 11 bridgehead atoms. The maximum atomic E-state index is 16.3. The van der Waals surface area contributed by atoms with E-state index in [4.69, 9.17) is 57.4 Å². The Morgan fingerprint density at radius 3 is 1.98 bits per heavy atom. The number of aliphatic hydroxyl groups excluding tert-OH is 6. The molecule has 0 radical (unpaired) electrons. The fourth-order valence-corrected chi connectivity index (χ4v) is 14.5. The fourth-order valence-electron chi connectivity index (χ4n) is 14.1. The lowest BCUT2D eigenvalue weighted by Crippen LogP contribution is -2.66. The van der Waals surface area contributed by atoms with Gasteiger partial charge in [-0.25, -0.2) is 4.79 Å². The molecule has 7 aliphatic rings. The van der Waals surface area contributed by atoms with Crippen molar-refractivity contribution in [3.63, 3.8) is 0 Å². The number of aliphatic carboxylic acids is 1. The third-order valence-corrected chi connectivity index (χ3v) is 20.5. The first-order valence-corrected chi connectivity index (χ1v) is 35.8. The van der Waals surface area contributed by atoms with Crippen LogP contribution in [0.3, 0.4) is 0 Å². The highest BCUT2D eigenvalue weighted by Crippen LogP contribution is 2.50. The van der Waals surface area contributed by atoms with Gasteiger partial charge >= 0.3 is 5.97 Å². The number of hydrogen-bond acceptors (Lipinski definition) is 25. The number of Topliss-reactive ketones (excluding diaryl/α,β-unsaturated/α-hetero) is 2. The minimum Gasteiger partial charge on any atom is -0.508 e. The molecule has 34 heteroatoms. The van der Waals surface area contributed by atoms with Gasteiger partial charge in [-0.1, -0.05) is 69.1 Å². The molecule has 5 aromatic rings. The van der Waals surface area contributed by atoms with E-state index >= 15 is 19.2 Å². The topological polar surface area (TPSA) is 510 Å². The van der Waals surface area contributed by atoms with Crippen LogP contribution < -0.4 is 51.8 Å². The second-order valence-electron chi connectivity index (χ2n) is 28.1. The number of carbonyl (C=O) groups is 9. The molecule has 7 heterocycles. The average Bonchev–Trinajstić information content (AvgIpc) is 0.767. The summed E-state index contributed by atoms with van der Waals surface area (Å²) in [5.41, 5.74) is 2.13. The van der Waals surface area contributed by atoms with Gasteiger partial charge in [-0.2, -0.15) is 0 Å². The lowest BCUT2D eigenvalue weighted by Gasteiger charge is -2.48. The summed E-state index contributed by atoms with van der Waals surface area (Å²) in [4.78, 5) is 130. The van der Waals surface area contributed by atoms with Crippen molar-refractivity contribution in [1.82, 2.24) is 31.9 Å². The molecule has 32 nitrogen and oxygen atoms in total. The van der Waals surface area contributed by atoms with Crippen LogP contribution in [0.15, 0.2) is 78.9 Å². The number of aliphatic hydroxyl groups is 6. The molecule has 2 saturated heterocycles. The normalized spacial score (nSPS) is 28.4. The zero-order valence-electron chi connectivity index (χ0n) is 59.4. The van der Waals surface area contributed by atoms with Gasteiger partial charge in [0.2, 0.25) is 47.5 Å². The Balaban J connectivity index is 1.22. The molecular formula is C74H87Cl2N7O25. The number of hydrogen-bond donors (Lipinski definition) is 17. The maximum Gasteiger partial charge on any atom is 0.330 e. The molecule has 18 N–H and O–H groups in total. The van der Waals surface area contributed by atoms with Gasteiger partial charge in [0, 0.05) is 79.4 Å². The van der Waals surface area contributed by atoms with Crippen molar-refractivity contribution in [2.45, 2.75) is 184 Å². The Morgan fingerprint density at radius 1 is 0.731 bits per heavy atom. The minimum atomic E-state index is -2.25. The molecule has 108 heavy (non-hydrogen) atoms. The quantitative estimate of drug-likeness (QED) is 0.0556. The average molecular weight is 1550 g/mol. The van der Waals surface area contributed by atoms with Crippen molar-refractivity contribution in [3.05, 3.63) is 117 Å². The molecule has 0 aromatic heterocycles. The van der Waals surface area contributed by atoms with E-state index in [1.807, 2.05) is 13.8 Å². The zero-order chi connectivity index (χ0) is 78.7. The van der Waals surface area contributed by atoms with Crippen molar-refractivity contribution in [3.8, 4) is 57.1 Å². The molecule has 12 rings (SSSR count). The van der Waals surface area contributed by atoms with E-state index in [0.29, 0.717) is 6.42 Å². The number of benzene rings is 5. The number of nitrogens with two attached hydrogens (primary N) is 1. The number of amides is 6. The number of primary amides is 1. The SMILES string of the molecule is CCC(=O)NCCN[C@@]1(C)CC(OC2[C@H](Oc3c4cc5cc3Oc3ccc(cc3Cl)[C@@H](O)[C@@H](NC(=O)[C@H](CC)CC(C)C)C(=O)C[C@@H](CC(N)=O)C(=O)N[C@H]5C(=O)C[C@H]3C(=O)N[C@H](C(=O)N[C@@H](C(=O)O)c5cc(O)cc(O)c5-c5cc3ccc5O)[C@H](O)c3ccc(c(Cl)c3)O4)O[C@H](CO)[C@@H](O)[C@@H]2O)O[C@@H](C)[C@H]1O. The molecule has 582 valence electrons. The third kappa shape index (κ3) is 17.9. The van der Waals surface area contributed by atoms with Crippen LogP contribution in [0.2, 0.25) is 10.0 Å². The standard InChI is InChI=1S/C74H87Cl2N7O25/c1-7-32(17-30(3)4)68(97)82-59-46(88)21-37(24-53(77)90)69(98)80-57-36-22-50(104-48-13-10-34(61(59)92)19-42(48)75)65(108-73-66(64(95)63(94)52(29-84)106-73)107-55-28-74(6,67(96)31(5)103-55)79-16-15-78-54(91)8-2)51(23-36)105-49-14-11-35(20-43(49)76)62(93)60-71(100)81-58(72(101)102)41-25-38(85)26-45(87)56(41)40-18-33(9-12-44(40)86)39(27-47(57)89)70(99)83-60/h9-14,18-20,22-23,25-26,30-32,37,39,52,55,57-64,66-67,73,79,84-87,92-96H,7-8,15-17,21,24,27-29H2,1-6H3,(H2,77,90)(H,78,91)(H,80,98)(H,81,100)(H,82,97)(H,83,99)(H,101,102)/t31-,32+,37-,39+,52+,55?,57+,58+,59-,60-,61+,62+,63+,64-,66?,67+,73-,74-/m0/s1. The van der Waals surface area contributed by atoms with Crippen LogP contribution in [0.25, 0.3) is 11.1 Å². The molecule has 7 aliphatic heterocycles. The highest BCUT2D eigenvalue weighted by Gasteiger charge is 2.52. The van der Waals surface area contributed by atoms with Gasteiger partial charge in [-0.15, -0.1) is 0 Å². The van der Waals surface area contributed by atoms with Crippen molar-refractivity contribution in [2.24, 2.45) is 23.5 Å². The van der Waals surface area contributed by atoms with Gasteiger partial charge in [0.25, 0.3) is 0 Å². The molecule has 0 saturated carbocycles. The second kappa shape index (κ2) is 34.1. The zero-order valence-corrected chi connectivity index (χ0v) is 60.9. The Hall–Kier alpha value is -9.29. The van der Waals surface area contributed by atoms with Gasteiger partial charge in [0.15, 0.2) is 41.5 Å². The molecule has 5 aromatic carbocycles. The number of carboxylic acids is 1. The summed E-state index contributed by atoms with van der Waals surface area (Å²) in [7, 11) is 0. The number of rotatable bonds is 18. The number of carboxylic acid groups (broad SMARTS) is 1. The Morgan fingerprint density at radius 2 is 1.38 bits per heavy atom. The van der Waals surface area contributed by atoms with E-state index in [-0.39, 0.29) is 83.0 Å². The van der Waals surface area contributed by atoms with E-state index < -0.39 is 238 Å². The predicted octanol–water partition coefficient (Wildman–Crippen LogP) is 3.68. The van der Waals surface area contributed by atoms with Gasteiger partial charge in [-0.05, 0) is 109 Å². The summed E-state index contributed by atoms with van der Waals surface area (Å²) >= 11 is 14.3. The number of nitrogens with one attached hydrogen (secondary N) is 6. The van der Waals surface area contributed by atoms with Gasteiger partial charge in [-0.3, -0.25) is 38.4 Å². The van der Waals surface area contributed by atoms with E-state index in [0.717, 1.165) is 54.6 Å². The lowest BCUT2D eigenvalue weighted by atomic mass is 9.84. The number of ketones is 2. The van der Waals surface area contributed by atoms with Crippen LogP contribution in [-0.4, -0.2) is 191 Å². The Bertz CT molecular complexity index is 4280. The number of ether oxygens (including phenoxy) is 6. The van der Waals surface area contributed by atoms with Gasteiger partial charge in [0.05, 0.1) is 40.7 Å². The maximum absolute atomic E-state index is 16.3. The second-order valence-corrected chi connectivity index (χ2v) is 28.9. The summed E-state index contributed by atoms with van der Waals surface area (Å²) in [6.07, 6.45) is -19.8. The summed E-state index contributed by atoms with van der Waals surface area (Å²) in [6.45, 7) is 9.68. The van der Waals surface area contributed by atoms with Crippen molar-refractivity contribution in [2.75, 3.05) is 19.7 Å². The Kier molecular flexibility index (Phi) is 25.6. The number of phenols is 3. The minimum absolute atomic E-state index is 0.0230. The number of phenolic OH excluding ortho intramolecular Hbond substituents is 3. The highest BCUT2D eigenvalue weighted by molar-refractivity contribution is 6.32. The fraction of sp³-hybridized carbons (Fsp3) is 0.473. The monoisotopic (exact) mass is 1540 g/mol. The predicted molar refractivity (Wildman–Crippen MR) is 380 cm³/mol. The molecule has 18 atom stereocenters. The van der Waals surface area contributed by atoms with Crippen molar-refractivity contribution >= 4 is 76.2 Å². The van der Waals surface area contributed by atoms with Crippen molar-refractivity contribution < 1.29 is 123 Å². The highest BCUT2D eigenvalue weighted by atomic mass is 35.5. The summed E-state index contributed by atoms with van der Waals surface area (Å²) < 4.78 is 39.1. The molecule has 6 amide bonds. The number of fused-ring (bicyclic) bond motifs is 15. The Labute approximate surface area is 628 Å². The number of aromatic hydroxyl groups is 3. The van der Waals surface area contributed by atoms with Crippen LogP contribution in [-0.2, 0) is 57.4 Å². The third-order valence-electron chi connectivity index (χ3n) is 19.9. The first-order valence-electron chi connectivity index (χ1n) is 35.1. The van der Waals surface area contributed by atoms with E-state index in [2.05, 4.69) is 31.9 Å². The molecule has 0 spiro atoms. The van der Waals surface area contributed by atoms with Gasteiger partial charge < -0.3 is 117 Å². The molecule has 2 fully saturated rings. The van der Waals surface area contributed by atoms with E-state index in [1.165, 1.54) is 31.2 Å². The van der Waals surface area contributed by atoms with Gasteiger partial charge in [0.1, 0.15) is 77.4 Å². The van der Waals surface area contributed by atoms with Crippen LogP contribution in [0.4, 0.5) is 0 Å². The largest absolute Gasteiger partial charge is 0.508 e. The van der Waals surface area contributed by atoms with Crippen LogP contribution in [0.1, 0.15) is 145 Å². The molecular weight excluding hydrogens is 1460 g/mol. The van der Waals surface area contributed by atoms with Crippen molar-refractivity contribution in [1.29, 1.82) is 0 Å². The van der Waals surface area contributed by atoms with E-state index in [9.17, 15) is 75.0 Å². The first kappa shape index (κ1) is 81.2. The van der Waals surface area contributed by atoms with Crippen LogP contribution in [0, 0.1) is 17.8 Å². The lowest BCUT2D eigenvalue weighted by molar-refractivity contribution is -0.334. The summed E-state index contributed by atoms with van der Waals surface area (Å²) in [5, 5.41) is 131. The molecule has 2 unspecified atom stereocenters. The van der Waals surface area contributed by atoms with E-state index in [1.54, 1.807) is 20.8 Å². The van der Waals surface area contributed by atoms with Crippen LogP contribution >= 0.6 is 23.2 Å². The number of carbonyl (C=O) groups excluding carboxylic acids is 8. The number of halogens is 2. The smallest absolute Gasteiger partial charge is 0.330 e. The first-order chi connectivity index (χ1) is 51.1.